The zero-order valence-corrected chi connectivity index (χ0v) is 15.2. The van der Waals surface area contributed by atoms with Crippen molar-refractivity contribution in [3.05, 3.63) is 29.0 Å². The van der Waals surface area contributed by atoms with Gasteiger partial charge < -0.3 is 28.3 Å². The van der Waals surface area contributed by atoms with Gasteiger partial charge in [-0.15, -0.1) is 0 Å². The van der Waals surface area contributed by atoms with Crippen LogP contribution in [0.2, 0.25) is 0 Å². The number of thiazole rings is 1. The number of carbonyl (C=O) groups excluding carboxylic acids is 2. The highest BCUT2D eigenvalue weighted by Crippen LogP contribution is 2.35. The summed E-state index contributed by atoms with van der Waals surface area (Å²) in [4.78, 5) is 28.7. The first-order valence-electron chi connectivity index (χ1n) is 8.19. The summed E-state index contributed by atoms with van der Waals surface area (Å²) in [5.41, 5.74) is 0.691. The number of hydrogen-bond acceptors (Lipinski definition) is 8. The maximum atomic E-state index is 12.4. The molecule has 142 valence electrons. The number of hydrogen-bond donors (Lipinski definition) is 0. The fourth-order valence-corrected chi connectivity index (χ4v) is 3.70. The largest absolute Gasteiger partial charge is 0.494 e. The third-order valence-electron chi connectivity index (χ3n) is 3.92. The molecule has 0 fully saturated rings. The average molecular weight is 392 g/mol. The van der Waals surface area contributed by atoms with E-state index in [1.165, 1.54) is 24.7 Å². The number of fused-ring (bicyclic) bond motifs is 2. The predicted molar refractivity (Wildman–Crippen MR) is 93.4 cm³/mol. The van der Waals surface area contributed by atoms with E-state index in [1.807, 2.05) is 6.07 Å². The zero-order valence-electron chi connectivity index (χ0n) is 14.4. The molecule has 0 aliphatic carbocycles. The van der Waals surface area contributed by atoms with Crippen molar-refractivity contribution in [2.75, 3.05) is 33.5 Å². The summed E-state index contributed by atoms with van der Waals surface area (Å²) in [6.07, 6.45) is 1.24. The van der Waals surface area contributed by atoms with Crippen molar-refractivity contribution in [1.29, 1.82) is 0 Å². The summed E-state index contributed by atoms with van der Waals surface area (Å²) in [6, 6.07) is 3.58. The highest BCUT2D eigenvalue weighted by atomic mass is 32.1. The summed E-state index contributed by atoms with van der Waals surface area (Å²) in [6.45, 7) is 1.48. The third kappa shape index (κ3) is 3.47. The molecule has 0 unspecified atom stereocenters. The topological polar surface area (TPSA) is 97.6 Å². The van der Waals surface area contributed by atoms with Gasteiger partial charge in [0.15, 0.2) is 16.3 Å². The van der Waals surface area contributed by atoms with E-state index in [2.05, 4.69) is 4.99 Å². The summed E-state index contributed by atoms with van der Waals surface area (Å²) < 4.78 is 28.7. The van der Waals surface area contributed by atoms with Crippen molar-refractivity contribution in [2.45, 2.75) is 6.54 Å². The lowest BCUT2D eigenvalue weighted by atomic mass is 10.2. The number of esters is 1. The van der Waals surface area contributed by atoms with Gasteiger partial charge in [0.1, 0.15) is 39.2 Å². The Hall–Kier alpha value is -3.01. The van der Waals surface area contributed by atoms with Crippen LogP contribution in [0.25, 0.3) is 10.2 Å². The van der Waals surface area contributed by atoms with E-state index in [9.17, 15) is 9.59 Å². The van der Waals surface area contributed by atoms with Crippen molar-refractivity contribution in [2.24, 2.45) is 4.99 Å². The van der Waals surface area contributed by atoms with Gasteiger partial charge in [0.05, 0.1) is 17.3 Å². The van der Waals surface area contributed by atoms with E-state index in [0.29, 0.717) is 41.6 Å². The fraction of sp³-hybridized carbons (Fsp3) is 0.353. The number of benzene rings is 1. The van der Waals surface area contributed by atoms with Crippen LogP contribution < -0.4 is 14.3 Å². The summed E-state index contributed by atoms with van der Waals surface area (Å²) in [7, 11) is 1.30. The average Bonchev–Trinajstić information content (AvgIpc) is 3.02. The number of nitrogens with zero attached hydrogens (tertiary/aromatic N) is 2. The van der Waals surface area contributed by atoms with E-state index >= 15 is 0 Å². The molecule has 0 saturated carbocycles. The molecule has 10 heteroatoms. The maximum absolute atomic E-state index is 12.4. The molecule has 4 rings (SSSR count). The normalized spacial score (nSPS) is 16.3. The number of aromatic nitrogens is 1. The first-order valence-corrected chi connectivity index (χ1v) is 9.01. The minimum Gasteiger partial charge on any atom is -0.494 e. The van der Waals surface area contributed by atoms with Crippen LogP contribution in [0.5, 0.6) is 11.5 Å². The quantitative estimate of drug-likeness (QED) is 0.718. The van der Waals surface area contributed by atoms with Gasteiger partial charge in [-0.1, -0.05) is 11.3 Å². The molecule has 2 aromatic rings. The van der Waals surface area contributed by atoms with Gasteiger partial charge in [-0.2, -0.15) is 4.99 Å². The number of carbonyl (C=O) groups is 2. The van der Waals surface area contributed by atoms with Crippen LogP contribution in [0.3, 0.4) is 0 Å². The van der Waals surface area contributed by atoms with Crippen LogP contribution in [0.15, 0.2) is 29.1 Å². The Labute approximate surface area is 157 Å². The van der Waals surface area contributed by atoms with Crippen LogP contribution in [-0.2, 0) is 30.3 Å². The van der Waals surface area contributed by atoms with Gasteiger partial charge in [0.25, 0.3) is 0 Å². The molecular formula is C17H16N2O7S. The summed E-state index contributed by atoms with van der Waals surface area (Å²) in [5.74, 6) is 0.168. The Bertz CT molecular complexity index is 1000. The molecule has 0 saturated heterocycles. The van der Waals surface area contributed by atoms with Crippen molar-refractivity contribution in [1.82, 2.24) is 4.57 Å². The van der Waals surface area contributed by atoms with Crippen LogP contribution >= 0.6 is 11.3 Å². The Morgan fingerprint density at radius 3 is 2.59 bits per heavy atom. The van der Waals surface area contributed by atoms with Crippen LogP contribution in [-0.4, -0.2) is 50.0 Å². The molecule has 1 aromatic carbocycles. The van der Waals surface area contributed by atoms with Gasteiger partial charge in [-0.05, 0) is 0 Å². The predicted octanol–water partition coefficient (Wildman–Crippen LogP) is 0.962. The molecule has 0 radical (unpaired) electrons. The number of ether oxygens (including phenoxy) is 5. The van der Waals surface area contributed by atoms with E-state index in [-0.39, 0.29) is 18.9 Å². The summed E-state index contributed by atoms with van der Waals surface area (Å²) >= 11 is 1.25. The number of methoxy groups -OCH3 is 1. The second-order valence-corrected chi connectivity index (χ2v) is 6.64. The molecule has 2 aliphatic heterocycles. The van der Waals surface area contributed by atoms with Crippen LogP contribution in [0.4, 0.5) is 0 Å². The van der Waals surface area contributed by atoms with Gasteiger partial charge in [-0.25, -0.2) is 0 Å². The van der Waals surface area contributed by atoms with E-state index < -0.39 is 11.9 Å². The lowest BCUT2D eigenvalue weighted by Gasteiger charge is -2.18. The standard InChI is InChI=1S/C17H16N2O7S/c1-22-15(20)8-19-10-6-11-12(25-5-4-24-11)7-14(10)27-17(19)18-16(21)13-9-23-2-3-26-13/h6-7,9H,2-5,8H2,1H3. The van der Waals surface area contributed by atoms with Crippen LogP contribution in [0.1, 0.15) is 0 Å². The second-order valence-electron chi connectivity index (χ2n) is 5.63. The van der Waals surface area contributed by atoms with E-state index in [0.717, 1.165) is 4.70 Å². The number of amides is 1. The fourth-order valence-electron chi connectivity index (χ4n) is 2.66. The van der Waals surface area contributed by atoms with Crippen molar-refractivity contribution in [3.63, 3.8) is 0 Å². The monoisotopic (exact) mass is 392 g/mol. The van der Waals surface area contributed by atoms with Gasteiger partial charge in [0.2, 0.25) is 5.76 Å². The number of rotatable bonds is 3. The molecule has 9 nitrogen and oxygen atoms in total. The molecular weight excluding hydrogens is 376 g/mol. The highest BCUT2D eigenvalue weighted by molar-refractivity contribution is 7.16. The lowest BCUT2D eigenvalue weighted by Crippen LogP contribution is -2.23. The molecule has 2 aliphatic rings. The molecule has 1 aromatic heterocycles. The maximum Gasteiger partial charge on any atom is 0.325 e. The molecule has 1 amide bonds. The Morgan fingerprint density at radius 1 is 1.15 bits per heavy atom. The Balaban J connectivity index is 1.83. The zero-order chi connectivity index (χ0) is 18.8. The Kier molecular flexibility index (Phi) is 4.71. The van der Waals surface area contributed by atoms with Gasteiger partial charge >= 0.3 is 11.9 Å². The Morgan fingerprint density at radius 2 is 1.89 bits per heavy atom. The van der Waals surface area contributed by atoms with Crippen molar-refractivity contribution < 1.29 is 33.3 Å². The van der Waals surface area contributed by atoms with Gasteiger partial charge in [-0.3, -0.25) is 9.59 Å². The van der Waals surface area contributed by atoms with E-state index in [1.54, 1.807) is 10.6 Å². The summed E-state index contributed by atoms with van der Waals surface area (Å²) in [5, 5.41) is 0. The highest BCUT2D eigenvalue weighted by Gasteiger charge is 2.20. The van der Waals surface area contributed by atoms with Crippen molar-refractivity contribution >= 4 is 33.4 Å². The first-order chi connectivity index (χ1) is 13.2. The second kappa shape index (κ2) is 7.31. The minimum absolute atomic E-state index is 0.0225. The third-order valence-corrected chi connectivity index (χ3v) is 4.96. The van der Waals surface area contributed by atoms with Gasteiger partial charge in [0, 0.05) is 12.1 Å². The first kappa shape index (κ1) is 17.4. The smallest absolute Gasteiger partial charge is 0.325 e. The van der Waals surface area contributed by atoms with E-state index in [4.69, 9.17) is 23.7 Å². The molecule has 0 N–H and O–H groups in total. The molecule has 0 spiro atoms. The molecule has 0 atom stereocenters. The lowest BCUT2D eigenvalue weighted by molar-refractivity contribution is -0.141. The molecule has 0 bridgehead atoms. The molecule has 3 heterocycles. The minimum atomic E-state index is -0.586. The SMILES string of the molecule is COC(=O)Cn1c(=NC(=O)C2=COCCO2)sc2cc3c(cc21)OCCO3. The molecule has 27 heavy (non-hydrogen) atoms. The van der Waals surface area contributed by atoms with Crippen LogP contribution in [0, 0.1) is 0 Å². The van der Waals surface area contributed by atoms with Crippen molar-refractivity contribution in [3.8, 4) is 11.5 Å².